The van der Waals surface area contributed by atoms with E-state index in [4.69, 9.17) is 10.5 Å². The third-order valence-corrected chi connectivity index (χ3v) is 3.41. The fourth-order valence-electron chi connectivity index (χ4n) is 2.04. The number of ether oxygens (including phenoxy) is 1. The lowest BCUT2D eigenvalue weighted by atomic mass is 10.2. The third-order valence-electron chi connectivity index (χ3n) is 3.41. The number of rotatable bonds is 5. The van der Waals surface area contributed by atoms with Gasteiger partial charge < -0.3 is 26.4 Å². The topological polar surface area (TPSA) is 105 Å². The minimum atomic E-state index is -0.585. The third kappa shape index (κ3) is 3.83. The summed E-state index contributed by atoms with van der Waals surface area (Å²) >= 11 is 0. The fourth-order valence-corrected chi connectivity index (χ4v) is 2.04. The highest BCUT2D eigenvalue weighted by atomic mass is 19.1. The normalized spacial score (nSPS) is 15.5. The van der Waals surface area contributed by atoms with Crippen LogP contribution in [0.25, 0.3) is 0 Å². The largest absolute Gasteiger partial charge is 0.491 e. The summed E-state index contributed by atoms with van der Waals surface area (Å²) in [6, 6.07) is 3.54. The number of hydrogen-bond donors (Lipinski definition) is 4. The minimum Gasteiger partial charge on any atom is -0.491 e. The lowest BCUT2D eigenvalue weighted by molar-refractivity contribution is -0.118. The van der Waals surface area contributed by atoms with E-state index in [9.17, 15) is 14.0 Å². The Balaban J connectivity index is 1.97. The van der Waals surface area contributed by atoms with Crippen LogP contribution in [0.4, 0.5) is 9.18 Å². The van der Waals surface area contributed by atoms with Crippen molar-refractivity contribution in [1.29, 1.82) is 0 Å². The molecule has 0 saturated carbocycles. The quantitative estimate of drug-likeness (QED) is 0.645. The van der Waals surface area contributed by atoms with Gasteiger partial charge in [-0.25, -0.2) is 9.18 Å². The van der Waals surface area contributed by atoms with Gasteiger partial charge in [0.2, 0.25) is 0 Å². The maximum Gasteiger partial charge on any atom is 0.323 e. The molecule has 0 aliphatic carbocycles. The van der Waals surface area contributed by atoms with Crippen LogP contribution in [0.1, 0.15) is 12.5 Å². The maximum absolute atomic E-state index is 13.4. The van der Waals surface area contributed by atoms with Crippen LogP contribution in [-0.4, -0.2) is 24.6 Å². The molecule has 5 N–H and O–H groups in total. The van der Waals surface area contributed by atoms with Crippen LogP contribution in [0.2, 0.25) is 0 Å². The van der Waals surface area contributed by atoms with Gasteiger partial charge >= 0.3 is 6.03 Å². The number of amides is 3. The first kappa shape index (κ1) is 17.3. The molecule has 0 bridgehead atoms. The summed E-state index contributed by atoms with van der Waals surface area (Å²) in [5, 5.41) is 7.34. The van der Waals surface area contributed by atoms with Crippen LogP contribution in [0, 0.1) is 12.7 Å². The van der Waals surface area contributed by atoms with Crippen molar-refractivity contribution >= 4 is 11.9 Å². The van der Waals surface area contributed by atoms with Gasteiger partial charge in [-0.2, -0.15) is 0 Å². The maximum atomic E-state index is 13.4. The Labute approximate surface area is 138 Å². The lowest BCUT2D eigenvalue weighted by Gasteiger charge is -2.22. The molecule has 0 fully saturated rings. The number of benzene rings is 1. The number of hydrogen-bond acceptors (Lipinski definition) is 4. The number of nitrogens with two attached hydrogens (primary N) is 1. The Morgan fingerprint density at radius 3 is 2.88 bits per heavy atom. The SMILES string of the molecule is C=C1NC(=O)NC(C(=O)N[C@H](C)COc2cccc(F)c2C)=C1N. The van der Waals surface area contributed by atoms with E-state index in [-0.39, 0.29) is 29.5 Å². The van der Waals surface area contributed by atoms with E-state index in [0.717, 1.165) is 0 Å². The van der Waals surface area contributed by atoms with E-state index in [2.05, 4.69) is 22.5 Å². The number of nitrogens with one attached hydrogen (secondary N) is 3. The molecular weight excluding hydrogens is 315 g/mol. The molecular formula is C16H19FN4O3. The zero-order chi connectivity index (χ0) is 17.9. The molecule has 0 unspecified atom stereocenters. The van der Waals surface area contributed by atoms with Crippen molar-refractivity contribution in [2.75, 3.05) is 6.61 Å². The van der Waals surface area contributed by atoms with Gasteiger partial charge in [-0.15, -0.1) is 0 Å². The molecule has 24 heavy (non-hydrogen) atoms. The van der Waals surface area contributed by atoms with Crippen LogP contribution in [0.5, 0.6) is 5.75 Å². The second kappa shape index (κ2) is 7.03. The van der Waals surface area contributed by atoms with Gasteiger partial charge in [0.25, 0.3) is 5.91 Å². The molecule has 0 saturated heterocycles. The Hall–Kier alpha value is -3.03. The molecule has 0 radical (unpaired) electrons. The highest BCUT2D eigenvalue weighted by molar-refractivity contribution is 6.00. The summed E-state index contributed by atoms with van der Waals surface area (Å²) in [4.78, 5) is 23.6. The first-order chi connectivity index (χ1) is 11.3. The van der Waals surface area contributed by atoms with E-state index < -0.39 is 18.0 Å². The van der Waals surface area contributed by atoms with E-state index in [1.54, 1.807) is 26.0 Å². The van der Waals surface area contributed by atoms with Gasteiger partial charge in [0.1, 0.15) is 23.9 Å². The summed E-state index contributed by atoms with van der Waals surface area (Å²) in [6.07, 6.45) is 0. The summed E-state index contributed by atoms with van der Waals surface area (Å²) in [5.74, 6) is -0.521. The van der Waals surface area contributed by atoms with Gasteiger partial charge in [0, 0.05) is 5.56 Å². The molecule has 128 valence electrons. The van der Waals surface area contributed by atoms with Crippen molar-refractivity contribution in [3.05, 3.63) is 53.2 Å². The number of urea groups is 1. The van der Waals surface area contributed by atoms with Crippen molar-refractivity contribution in [3.8, 4) is 5.75 Å². The van der Waals surface area contributed by atoms with E-state index in [1.807, 2.05) is 0 Å². The lowest BCUT2D eigenvalue weighted by Crippen LogP contribution is -2.49. The van der Waals surface area contributed by atoms with Gasteiger partial charge in [-0.05, 0) is 26.0 Å². The first-order valence-electron chi connectivity index (χ1n) is 7.25. The molecule has 0 aromatic heterocycles. The Kier molecular flexibility index (Phi) is 5.08. The molecule has 1 aromatic rings. The second-order valence-corrected chi connectivity index (χ2v) is 5.39. The summed E-state index contributed by atoms with van der Waals surface area (Å²) < 4.78 is 19.0. The molecule has 7 nitrogen and oxygen atoms in total. The van der Waals surface area contributed by atoms with E-state index in [1.165, 1.54) is 6.07 Å². The van der Waals surface area contributed by atoms with Crippen LogP contribution in [0.3, 0.4) is 0 Å². The molecule has 3 amide bonds. The fraction of sp³-hybridized carbons (Fsp3) is 0.250. The van der Waals surface area contributed by atoms with Crippen LogP contribution in [-0.2, 0) is 4.79 Å². The molecule has 0 spiro atoms. The summed E-state index contributed by atoms with van der Waals surface area (Å²) in [6.45, 7) is 6.99. The van der Waals surface area contributed by atoms with Gasteiger partial charge in [-0.1, -0.05) is 12.6 Å². The Morgan fingerprint density at radius 1 is 1.46 bits per heavy atom. The number of carbonyl (C=O) groups is 2. The average molecular weight is 334 g/mol. The van der Waals surface area contributed by atoms with Crippen molar-refractivity contribution < 1.29 is 18.7 Å². The standard InChI is InChI=1S/C16H19FN4O3/c1-8(7-24-12-6-4-5-11(17)9(12)2)19-15(22)14-13(18)10(3)20-16(23)21-14/h4-6,8H,3,7,18H2,1-2H3,(H,19,22)(H2,20,21,23)/t8-/m1/s1. The van der Waals surface area contributed by atoms with E-state index in [0.29, 0.717) is 11.3 Å². The molecule has 1 aromatic carbocycles. The van der Waals surface area contributed by atoms with Crippen LogP contribution >= 0.6 is 0 Å². The highest BCUT2D eigenvalue weighted by Crippen LogP contribution is 2.20. The smallest absolute Gasteiger partial charge is 0.323 e. The van der Waals surface area contributed by atoms with Crippen molar-refractivity contribution in [1.82, 2.24) is 16.0 Å². The van der Waals surface area contributed by atoms with Crippen molar-refractivity contribution in [2.45, 2.75) is 19.9 Å². The van der Waals surface area contributed by atoms with Gasteiger partial charge in [-0.3, -0.25) is 4.79 Å². The molecule has 1 aliphatic heterocycles. The predicted octanol–water partition coefficient (Wildman–Crippen LogP) is 1.01. The number of halogens is 1. The number of carbonyl (C=O) groups excluding carboxylic acids is 2. The Morgan fingerprint density at radius 2 is 2.17 bits per heavy atom. The second-order valence-electron chi connectivity index (χ2n) is 5.39. The monoisotopic (exact) mass is 334 g/mol. The average Bonchev–Trinajstić information content (AvgIpc) is 2.52. The van der Waals surface area contributed by atoms with Crippen molar-refractivity contribution in [2.24, 2.45) is 5.73 Å². The van der Waals surface area contributed by atoms with E-state index >= 15 is 0 Å². The molecule has 8 heteroatoms. The van der Waals surface area contributed by atoms with Crippen molar-refractivity contribution in [3.63, 3.8) is 0 Å². The van der Waals surface area contributed by atoms with Crippen LogP contribution < -0.4 is 26.4 Å². The zero-order valence-electron chi connectivity index (χ0n) is 13.4. The molecule has 1 aliphatic rings. The van der Waals surface area contributed by atoms with Gasteiger partial charge in [0.15, 0.2) is 0 Å². The summed E-state index contributed by atoms with van der Waals surface area (Å²) in [7, 11) is 0. The zero-order valence-corrected chi connectivity index (χ0v) is 13.4. The Bertz CT molecular complexity index is 730. The highest BCUT2D eigenvalue weighted by Gasteiger charge is 2.24. The molecule has 1 heterocycles. The minimum absolute atomic E-state index is 0.0567. The summed E-state index contributed by atoms with van der Waals surface area (Å²) in [5.41, 5.74) is 6.27. The first-order valence-corrected chi connectivity index (χ1v) is 7.25. The molecule has 1 atom stereocenters. The predicted molar refractivity (Wildman–Crippen MR) is 86.3 cm³/mol. The van der Waals surface area contributed by atoms with Gasteiger partial charge in [0.05, 0.1) is 17.4 Å². The molecule has 2 rings (SSSR count). The van der Waals surface area contributed by atoms with Crippen LogP contribution in [0.15, 0.2) is 41.9 Å².